The highest BCUT2D eigenvalue weighted by Gasteiger charge is 2.34. The minimum atomic E-state index is -3.81. The van der Waals surface area contributed by atoms with Crippen LogP contribution in [0, 0.1) is 5.41 Å². The first-order chi connectivity index (χ1) is 11.8. The van der Waals surface area contributed by atoms with E-state index in [4.69, 9.17) is 16.3 Å². The zero-order chi connectivity index (χ0) is 18.5. The molecule has 1 aromatic rings. The fourth-order valence-corrected chi connectivity index (χ4v) is 4.62. The third kappa shape index (κ3) is 5.55. The first kappa shape index (κ1) is 23.1. The van der Waals surface area contributed by atoms with E-state index < -0.39 is 16.0 Å². The molecule has 1 heterocycles. The van der Waals surface area contributed by atoms with Crippen LogP contribution in [0.5, 0.6) is 0 Å². The fraction of sp³-hybridized carbons (Fsp3) is 0.562. The molecule has 2 N–H and O–H groups in total. The topological polar surface area (TPSA) is 93.7 Å². The van der Waals surface area contributed by atoms with E-state index in [1.807, 2.05) is 0 Å². The molecule has 0 amide bonds. The van der Waals surface area contributed by atoms with Gasteiger partial charge in [-0.1, -0.05) is 11.6 Å². The largest absolute Gasteiger partial charge is 0.465 e. The number of carbonyl (C=O) groups excluding carboxylic acids is 1. The second kappa shape index (κ2) is 9.87. The molecule has 0 radical (unpaired) electrons. The van der Waals surface area contributed by atoms with E-state index in [9.17, 15) is 13.2 Å². The highest BCUT2D eigenvalue weighted by atomic mass is 35.5. The van der Waals surface area contributed by atoms with Crippen LogP contribution in [0.25, 0.3) is 0 Å². The second-order valence-electron chi connectivity index (χ2n) is 6.14. The zero-order valence-electron chi connectivity index (χ0n) is 14.7. The Morgan fingerprint density at radius 2 is 1.96 bits per heavy atom. The number of hydrogen-bond donors (Lipinski definition) is 2. The van der Waals surface area contributed by atoms with Gasteiger partial charge in [0, 0.05) is 19.1 Å². The van der Waals surface area contributed by atoms with E-state index >= 15 is 0 Å². The van der Waals surface area contributed by atoms with Crippen molar-refractivity contribution in [3.8, 4) is 0 Å². The van der Waals surface area contributed by atoms with E-state index in [-0.39, 0.29) is 39.8 Å². The van der Waals surface area contributed by atoms with E-state index in [2.05, 4.69) is 14.8 Å². The van der Waals surface area contributed by atoms with Gasteiger partial charge in [0.1, 0.15) is 4.90 Å². The van der Waals surface area contributed by atoms with Gasteiger partial charge in [-0.25, -0.2) is 17.9 Å². The summed E-state index contributed by atoms with van der Waals surface area (Å²) < 4.78 is 37.8. The molecule has 0 bridgehead atoms. The number of methoxy groups -OCH3 is 2. The smallest absolute Gasteiger partial charge is 0.337 e. The average Bonchev–Trinajstić information content (AvgIpc) is 2.60. The van der Waals surface area contributed by atoms with Gasteiger partial charge < -0.3 is 14.8 Å². The van der Waals surface area contributed by atoms with Crippen molar-refractivity contribution in [2.45, 2.75) is 17.7 Å². The highest BCUT2D eigenvalue weighted by molar-refractivity contribution is 7.89. The minimum Gasteiger partial charge on any atom is -0.465 e. The molecule has 7 nitrogen and oxygen atoms in total. The summed E-state index contributed by atoms with van der Waals surface area (Å²) in [4.78, 5) is 11.4. The molecular formula is C16H24Cl2N2O5S. The predicted molar refractivity (Wildman–Crippen MR) is 102 cm³/mol. The molecule has 0 unspecified atom stereocenters. The minimum absolute atomic E-state index is 0. The highest BCUT2D eigenvalue weighted by Crippen LogP contribution is 2.30. The van der Waals surface area contributed by atoms with Gasteiger partial charge in [0.2, 0.25) is 10.0 Å². The zero-order valence-corrected chi connectivity index (χ0v) is 17.1. The molecule has 0 aromatic heterocycles. The van der Waals surface area contributed by atoms with Crippen LogP contribution in [0.4, 0.5) is 0 Å². The van der Waals surface area contributed by atoms with Crippen molar-refractivity contribution in [2.24, 2.45) is 5.41 Å². The van der Waals surface area contributed by atoms with E-state index in [1.54, 1.807) is 7.11 Å². The second-order valence-corrected chi connectivity index (χ2v) is 8.29. The van der Waals surface area contributed by atoms with Crippen LogP contribution in [0.3, 0.4) is 0 Å². The first-order valence-corrected chi connectivity index (χ1v) is 9.77. The van der Waals surface area contributed by atoms with E-state index in [1.165, 1.54) is 25.3 Å². The Labute approximate surface area is 165 Å². The number of piperidine rings is 1. The maximum absolute atomic E-state index is 12.6. The maximum Gasteiger partial charge on any atom is 0.337 e. The number of benzene rings is 1. The molecule has 0 spiro atoms. The maximum atomic E-state index is 12.6. The molecule has 0 atom stereocenters. The number of hydrogen-bond acceptors (Lipinski definition) is 6. The van der Waals surface area contributed by atoms with Gasteiger partial charge in [-0.15, -0.1) is 12.4 Å². The van der Waals surface area contributed by atoms with Gasteiger partial charge in [0.25, 0.3) is 0 Å². The molecule has 1 aliphatic heterocycles. The number of ether oxygens (including phenoxy) is 2. The summed E-state index contributed by atoms with van der Waals surface area (Å²) >= 11 is 6.07. The molecule has 0 saturated carbocycles. The monoisotopic (exact) mass is 426 g/mol. The number of halogens is 2. The summed E-state index contributed by atoms with van der Waals surface area (Å²) in [6.07, 6.45) is 1.64. The Balaban J connectivity index is 0.00000338. The molecule has 1 aromatic carbocycles. The molecule has 1 saturated heterocycles. The Bertz CT molecular complexity index is 716. The Kier molecular flexibility index (Phi) is 8.78. The van der Waals surface area contributed by atoms with Gasteiger partial charge in [-0.2, -0.15) is 0 Å². The first-order valence-electron chi connectivity index (χ1n) is 7.91. The molecule has 1 aliphatic rings. The summed E-state index contributed by atoms with van der Waals surface area (Å²) in [6.45, 7) is 2.38. The summed E-state index contributed by atoms with van der Waals surface area (Å²) in [5.41, 5.74) is -0.0495. The van der Waals surface area contributed by atoms with Gasteiger partial charge in [0.05, 0.1) is 24.3 Å². The van der Waals surface area contributed by atoms with Crippen molar-refractivity contribution in [3.63, 3.8) is 0 Å². The van der Waals surface area contributed by atoms with Crippen LogP contribution in [-0.2, 0) is 19.5 Å². The van der Waals surface area contributed by atoms with Crippen molar-refractivity contribution in [3.05, 3.63) is 28.8 Å². The van der Waals surface area contributed by atoms with Gasteiger partial charge >= 0.3 is 5.97 Å². The summed E-state index contributed by atoms with van der Waals surface area (Å²) in [5.74, 6) is -0.576. The Morgan fingerprint density at radius 3 is 2.50 bits per heavy atom. The fourth-order valence-electron chi connectivity index (χ4n) is 2.92. The van der Waals surface area contributed by atoms with Crippen LogP contribution in [0.1, 0.15) is 23.2 Å². The normalized spacial score (nSPS) is 16.6. The molecule has 10 heteroatoms. The predicted octanol–water partition coefficient (Wildman–Crippen LogP) is 1.84. The summed E-state index contributed by atoms with van der Waals surface area (Å²) in [6, 6.07) is 3.97. The van der Waals surface area contributed by atoms with Gasteiger partial charge in [-0.3, -0.25) is 0 Å². The Hall–Kier alpha value is -0.900. The Morgan fingerprint density at radius 1 is 1.31 bits per heavy atom. The van der Waals surface area contributed by atoms with Gasteiger partial charge in [0.15, 0.2) is 0 Å². The third-order valence-electron chi connectivity index (χ3n) is 4.39. The third-order valence-corrected chi connectivity index (χ3v) is 6.28. The standard InChI is InChI=1S/C16H23ClN2O5S.ClH/c1-23-11-16(5-7-18-8-6-16)10-19-25(21,22)14-4-3-12(9-13(14)17)15(20)24-2;/h3-4,9,18-19H,5-8,10-11H2,1-2H3;1H. The van der Waals surface area contributed by atoms with Crippen LogP contribution < -0.4 is 10.0 Å². The number of nitrogens with one attached hydrogen (secondary N) is 2. The van der Waals surface area contributed by atoms with Crippen molar-refractivity contribution in [2.75, 3.05) is 40.5 Å². The lowest BCUT2D eigenvalue weighted by Crippen LogP contribution is -2.47. The van der Waals surface area contributed by atoms with Crippen molar-refractivity contribution in [1.29, 1.82) is 0 Å². The molecular weight excluding hydrogens is 403 g/mol. The lowest BCUT2D eigenvalue weighted by molar-refractivity contribution is 0.0577. The molecule has 0 aliphatic carbocycles. The molecule has 1 fully saturated rings. The summed E-state index contributed by atoms with van der Waals surface area (Å²) in [5, 5.41) is 3.23. The van der Waals surface area contributed by atoms with Crippen molar-refractivity contribution >= 4 is 40.0 Å². The molecule has 26 heavy (non-hydrogen) atoms. The molecule has 148 valence electrons. The number of rotatable bonds is 7. The lowest BCUT2D eigenvalue weighted by Gasteiger charge is -2.37. The lowest BCUT2D eigenvalue weighted by atomic mass is 9.80. The van der Waals surface area contributed by atoms with E-state index in [0.29, 0.717) is 6.61 Å². The van der Waals surface area contributed by atoms with Crippen molar-refractivity contribution in [1.82, 2.24) is 10.0 Å². The quantitative estimate of drug-likeness (QED) is 0.646. The van der Waals surface area contributed by atoms with Crippen LogP contribution in [-0.4, -0.2) is 54.8 Å². The number of esters is 1. The van der Waals surface area contributed by atoms with Crippen molar-refractivity contribution < 1.29 is 22.7 Å². The number of carbonyl (C=O) groups is 1. The van der Waals surface area contributed by atoms with Crippen LogP contribution >= 0.6 is 24.0 Å². The summed E-state index contributed by atoms with van der Waals surface area (Å²) in [7, 11) is -0.947. The average molecular weight is 427 g/mol. The van der Waals surface area contributed by atoms with Crippen LogP contribution in [0.15, 0.2) is 23.1 Å². The van der Waals surface area contributed by atoms with E-state index in [0.717, 1.165) is 25.9 Å². The molecule has 2 rings (SSSR count). The van der Waals surface area contributed by atoms with Crippen LogP contribution in [0.2, 0.25) is 5.02 Å². The SMILES string of the molecule is COCC1(CNS(=O)(=O)c2ccc(C(=O)OC)cc2Cl)CCNCC1.Cl. The van der Waals surface area contributed by atoms with Gasteiger partial charge in [-0.05, 0) is 44.1 Å². The number of sulfonamides is 1.